The van der Waals surface area contributed by atoms with Gasteiger partial charge in [-0.2, -0.15) is 5.26 Å². The van der Waals surface area contributed by atoms with E-state index in [1.165, 1.54) is 18.2 Å². The molecule has 1 aromatic rings. The highest BCUT2D eigenvalue weighted by atomic mass is 32.2. The van der Waals surface area contributed by atoms with Gasteiger partial charge in [0, 0.05) is 11.9 Å². The van der Waals surface area contributed by atoms with E-state index in [1.54, 1.807) is 6.07 Å². The molecule has 4 nitrogen and oxygen atoms in total. The Morgan fingerprint density at radius 1 is 1.46 bits per heavy atom. The van der Waals surface area contributed by atoms with Crippen molar-refractivity contribution in [1.82, 2.24) is 0 Å². The van der Waals surface area contributed by atoms with E-state index < -0.39 is 9.84 Å². The van der Waals surface area contributed by atoms with Crippen LogP contribution in [-0.2, 0) is 9.84 Å². The molecule has 0 saturated carbocycles. The molecule has 1 aromatic carbocycles. The molecule has 0 aliphatic carbocycles. The van der Waals surface area contributed by atoms with Crippen LogP contribution in [0.1, 0.15) is 5.56 Å². The number of nitriles is 1. The molecule has 0 unspecified atom stereocenters. The quantitative estimate of drug-likeness (QED) is 0.664. The number of anilines is 1. The monoisotopic (exact) mass is 196 g/mol. The molecule has 68 valence electrons. The van der Waals surface area contributed by atoms with Crippen molar-refractivity contribution in [3.8, 4) is 6.07 Å². The molecule has 0 aliphatic rings. The van der Waals surface area contributed by atoms with Crippen molar-refractivity contribution in [1.29, 1.82) is 5.26 Å². The molecule has 0 heterocycles. The lowest BCUT2D eigenvalue weighted by molar-refractivity contribution is 0.601. The first-order valence-corrected chi connectivity index (χ1v) is 5.34. The molecule has 1 rings (SSSR count). The Morgan fingerprint density at radius 2 is 2.08 bits per heavy atom. The van der Waals surface area contributed by atoms with E-state index in [1.807, 2.05) is 0 Å². The smallest absolute Gasteiger partial charge is 0.176 e. The van der Waals surface area contributed by atoms with Gasteiger partial charge in [0.05, 0.1) is 10.5 Å². The fraction of sp³-hybridized carbons (Fsp3) is 0.125. The van der Waals surface area contributed by atoms with Crippen molar-refractivity contribution in [2.24, 2.45) is 0 Å². The van der Waals surface area contributed by atoms with Crippen molar-refractivity contribution in [2.75, 3.05) is 12.0 Å². The molecular formula is C8H8N2O2S. The number of nitrogen functional groups attached to an aromatic ring is 1. The molecular weight excluding hydrogens is 188 g/mol. The molecule has 0 aromatic heterocycles. The Bertz CT molecular complexity index is 471. The third-order valence-corrected chi connectivity index (χ3v) is 2.66. The standard InChI is InChI=1S/C8H8N2O2S/c1-13(11,12)8-4-7(10)3-2-6(8)5-9/h2-4H,10H2,1H3. The molecule has 13 heavy (non-hydrogen) atoms. The number of hydrogen-bond donors (Lipinski definition) is 1. The van der Waals surface area contributed by atoms with Gasteiger partial charge in [-0.25, -0.2) is 8.42 Å². The van der Waals surface area contributed by atoms with Crippen LogP contribution in [0.4, 0.5) is 5.69 Å². The number of hydrogen-bond acceptors (Lipinski definition) is 4. The minimum absolute atomic E-state index is 0.0185. The van der Waals surface area contributed by atoms with Gasteiger partial charge in [0.1, 0.15) is 6.07 Å². The highest BCUT2D eigenvalue weighted by molar-refractivity contribution is 7.90. The summed E-state index contributed by atoms with van der Waals surface area (Å²) in [4.78, 5) is -0.0185. The maximum atomic E-state index is 11.2. The van der Waals surface area contributed by atoms with Crippen LogP contribution in [-0.4, -0.2) is 14.7 Å². The third-order valence-electron chi connectivity index (χ3n) is 1.53. The van der Waals surface area contributed by atoms with Crippen LogP contribution >= 0.6 is 0 Å². The molecule has 5 heteroatoms. The highest BCUT2D eigenvalue weighted by Gasteiger charge is 2.12. The lowest BCUT2D eigenvalue weighted by Gasteiger charge is -2.01. The van der Waals surface area contributed by atoms with Gasteiger partial charge in [0.25, 0.3) is 0 Å². The van der Waals surface area contributed by atoms with Crippen LogP contribution in [0.25, 0.3) is 0 Å². The van der Waals surface area contributed by atoms with E-state index in [-0.39, 0.29) is 10.5 Å². The molecule has 2 N–H and O–H groups in total. The Balaban J connectivity index is 3.53. The fourth-order valence-electron chi connectivity index (χ4n) is 0.938. The second-order valence-corrected chi connectivity index (χ2v) is 4.62. The van der Waals surface area contributed by atoms with Gasteiger partial charge in [-0.05, 0) is 18.2 Å². The molecule has 0 saturated heterocycles. The van der Waals surface area contributed by atoms with E-state index in [9.17, 15) is 8.42 Å². The normalized spacial score (nSPS) is 10.8. The zero-order chi connectivity index (χ0) is 10.1. The number of benzene rings is 1. The second-order valence-electron chi connectivity index (χ2n) is 2.64. The van der Waals surface area contributed by atoms with Gasteiger partial charge < -0.3 is 5.73 Å². The average molecular weight is 196 g/mol. The lowest BCUT2D eigenvalue weighted by atomic mass is 10.2. The van der Waals surface area contributed by atoms with Crippen LogP contribution < -0.4 is 5.73 Å². The minimum atomic E-state index is -3.37. The first-order chi connectivity index (χ1) is 5.95. The van der Waals surface area contributed by atoms with Gasteiger partial charge in [0.2, 0.25) is 0 Å². The van der Waals surface area contributed by atoms with E-state index in [4.69, 9.17) is 11.0 Å². The SMILES string of the molecule is CS(=O)(=O)c1cc(N)ccc1C#N. The topological polar surface area (TPSA) is 83.9 Å². The summed E-state index contributed by atoms with van der Waals surface area (Å²) in [6.45, 7) is 0. The van der Waals surface area contributed by atoms with E-state index >= 15 is 0 Å². The summed E-state index contributed by atoms with van der Waals surface area (Å²) >= 11 is 0. The summed E-state index contributed by atoms with van der Waals surface area (Å²) in [6.07, 6.45) is 1.04. The Hall–Kier alpha value is -1.54. The predicted molar refractivity (Wildman–Crippen MR) is 48.7 cm³/mol. The second kappa shape index (κ2) is 3.07. The van der Waals surface area contributed by atoms with Crippen LogP contribution in [0.3, 0.4) is 0 Å². The highest BCUT2D eigenvalue weighted by Crippen LogP contribution is 2.17. The summed E-state index contributed by atoms with van der Waals surface area (Å²) in [6, 6.07) is 5.97. The van der Waals surface area contributed by atoms with Crippen LogP contribution in [0.5, 0.6) is 0 Å². The van der Waals surface area contributed by atoms with E-state index in [0.29, 0.717) is 5.69 Å². The molecule has 0 amide bonds. The summed E-state index contributed by atoms with van der Waals surface area (Å²) in [5.41, 5.74) is 5.86. The Kier molecular flexibility index (Phi) is 2.26. The zero-order valence-electron chi connectivity index (χ0n) is 6.98. The van der Waals surface area contributed by atoms with Crippen molar-refractivity contribution >= 4 is 15.5 Å². The van der Waals surface area contributed by atoms with Gasteiger partial charge >= 0.3 is 0 Å². The molecule has 0 atom stereocenters. The first-order valence-electron chi connectivity index (χ1n) is 3.45. The van der Waals surface area contributed by atoms with Gasteiger partial charge in [0.15, 0.2) is 9.84 Å². The molecule has 0 spiro atoms. The fourth-order valence-corrected chi connectivity index (χ4v) is 1.80. The van der Waals surface area contributed by atoms with Crippen LogP contribution in [0.15, 0.2) is 23.1 Å². The lowest BCUT2D eigenvalue weighted by Crippen LogP contribution is -2.01. The van der Waals surface area contributed by atoms with Crippen molar-refractivity contribution < 1.29 is 8.42 Å². The number of rotatable bonds is 1. The Morgan fingerprint density at radius 3 is 2.54 bits per heavy atom. The summed E-state index contributed by atoms with van der Waals surface area (Å²) in [5, 5.41) is 8.62. The van der Waals surface area contributed by atoms with Crippen molar-refractivity contribution in [3.05, 3.63) is 23.8 Å². The van der Waals surface area contributed by atoms with Gasteiger partial charge in [-0.1, -0.05) is 0 Å². The largest absolute Gasteiger partial charge is 0.399 e. The van der Waals surface area contributed by atoms with Crippen LogP contribution in [0.2, 0.25) is 0 Å². The predicted octanol–water partition coefficient (Wildman–Crippen LogP) is 0.544. The maximum absolute atomic E-state index is 11.2. The first kappa shape index (κ1) is 9.55. The zero-order valence-corrected chi connectivity index (χ0v) is 7.80. The molecule has 0 bridgehead atoms. The molecule has 0 radical (unpaired) electrons. The average Bonchev–Trinajstić information content (AvgIpc) is 2.03. The third kappa shape index (κ3) is 1.98. The summed E-state index contributed by atoms with van der Waals surface area (Å²) in [7, 11) is -3.37. The maximum Gasteiger partial charge on any atom is 0.176 e. The molecule has 0 fully saturated rings. The van der Waals surface area contributed by atoms with Crippen molar-refractivity contribution in [2.45, 2.75) is 4.90 Å². The number of sulfone groups is 1. The molecule has 0 aliphatic heterocycles. The van der Waals surface area contributed by atoms with Crippen LogP contribution in [0, 0.1) is 11.3 Å². The minimum Gasteiger partial charge on any atom is -0.399 e. The van der Waals surface area contributed by atoms with E-state index in [0.717, 1.165) is 6.26 Å². The summed E-state index contributed by atoms with van der Waals surface area (Å²) < 4.78 is 22.3. The number of nitrogens with zero attached hydrogens (tertiary/aromatic N) is 1. The van der Waals surface area contributed by atoms with Gasteiger partial charge in [-0.3, -0.25) is 0 Å². The Labute approximate surface area is 76.5 Å². The van der Waals surface area contributed by atoms with E-state index in [2.05, 4.69) is 0 Å². The van der Waals surface area contributed by atoms with Gasteiger partial charge in [-0.15, -0.1) is 0 Å². The van der Waals surface area contributed by atoms with Crippen molar-refractivity contribution in [3.63, 3.8) is 0 Å². The summed E-state index contributed by atoms with van der Waals surface area (Å²) in [5.74, 6) is 0. The number of nitrogens with two attached hydrogens (primary N) is 1.